The third kappa shape index (κ3) is 11.2. The molecule has 2 unspecified atom stereocenters. The number of allylic oxidation sites excluding steroid dienone is 2. The van der Waals surface area contributed by atoms with Crippen molar-refractivity contribution in [3.05, 3.63) is 160 Å². The van der Waals surface area contributed by atoms with Crippen LogP contribution in [0.25, 0.3) is 6.08 Å². The molecule has 1 aromatic heterocycles. The van der Waals surface area contributed by atoms with Gasteiger partial charge in [0.15, 0.2) is 23.0 Å². The van der Waals surface area contributed by atoms with Gasteiger partial charge in [-0.25, -0.2) is 4.79 Å². The first-order valence-electron chi connectivity index (χ1n) is 25.7. The minimum absolute atomic E-state index is 0.0185. The van der Waals surface area contributed by atoms with Crippen molar-refractivity contribution in [2.45, 2.75) is 103 Å². The van der Waals surface area contributed by atoms with Gasteiger partial charge in [0.25, 0.3) is 11.8 Å². The lowest BCUT2D eigenvalue weighted by Gasteiger charge is -2.30. The first-order chi connectivity index (χ1) is 37.1. The van der Waals surface area contributed by atoms with Crippen LogP contribution in [0.15, 0.2) is 126 Å². The Labute approximate surface area is 447 Å². The van der Waals surface area contributed by atoms with Crippen molar-refractivity contribution in [3.8, 4) is 40.5 Å². The molecule has 0 saturated heterocycles. The number of ether oxygens (including phenoxy) is 6. The molecule has 10 rings (SSSR count). The van der Waals surface area contributed by atoms with E-state index >= 15 is 0 Å². The van der Waals surface area contributed by atoms with Gasteiger partial charge in [0.1, 0.15) is 24.6 Å². The fourth-order valence-corrected chi connectivity index (χ4v) is 10.2. The molecule has 2 N–H and O–H groups in total. The quantitative estimate of drug-likeness (QED) is 0.0833. The first kappa shape index (κ1) is 52.0. The summed E-state index contributed by atoms with van der Waals surface area (Å²) >= 11 is 0. The van der Waals surface area contributed by atoms with Crippen molar-refractivity contribution >= 4 is 47.1 Å². The Morgan fingerprint density at radius 3 is 2.00 bits per heavy atom. The number of benzene rings is 5. The van der Waals surface area contributed by atoms with Gasteiger partial charge in [-0.1, -0.05) is 60.7 Å². The summed E-state index contributed by atoms with van der Waals surface area (Å²) in [6, 6.07) is 30.9. The molecular formula is C61H62N4O12. The molecule has 0 bridgehead atoms. The Morgan fingerprint density at radius 1 is 0.688 bits per heavy atom. The van der Waals surface area contributed by atoms with E-state index in [9.17, 15) is 24.6 Å². The fourth-order valence-electron chi connectivity index (χ4n) is 10.2. The Kier molecular flexibility index (Phi) is 14.6. The molecule has 2 amide bonds. The van der Waals surface area contributed by atoms with Gasteiger partial charge in [0.05, 0.1) is 55.7 Å². The highest BCUT2D eigenvalue weighted by Crippen LogP contribution is 2.43. The molecule has 0 saturated carbocycles. The van der Waals surface area contributed by atoms with Crippen molar-refractivity contribution in [3.63, 3.8) is 0 Å². The zero-order valence-corrected chi connectivity index (χ0v) is 44.0. The molecule has 6 aromatic rings. The number of nitrogens with zero attached hydrogens (tertiary/aromatic N) is 4. The molecule has 5 heterocycles. The Hall–Kier alpha value is -8.50. The van der Waals surface area contributed by atoms with Crippen LogP contribution in [-0.4, -0.2) is 83.1 Å². The van der Waals surface area contributed by atoms with Gasteiger partial charge in [0.2, 0.25) is 11.8 Å². The number of rotatable bonds is 18. The minimum Gasteiger partial charge on any atom is -0.493 e. The molecule has 4 aliphatic heterocycles. The molecule has 398 valence electrons. The lowest BCUT2D eigenvalue weighted by Crippen LogP contribution is -2.38. The van der Waals surface area contributed by atoms with Crippen molar-refractivity contribution in [2.24, 2.45) is 4.99 Å². The molecule has 77 heavy (non-hydrogen) atoms. The molecule has 16 heteroatoms. The summed E-state index contributed by atoms with van der Waals surface area (Å²) in [5.41, 5.74) is 6.09. The van der Waals surface area contributed by atoms with E-state index in [1.54, 1.807) is 30.2 Å². The maximum Gasteiger partial charge on any atom is 0.333 e. The highest BCUT2D eigenvalue weighted by atomic mass is 16.7. The van der Waals surface area contributed by atoms with E-state index in [1.807, 2.05) is 124 Å². The zero-order valence-electron chi connectivity index (χ0n) is 44.0. The van der Waals surface area contributed by atoms with Crippen LogP contribution in [-0.2, 0) is 35.6 Å². The predicted molar refractivity (Wildman–Crippen MR) is 291 cm³/mol. The smallest absolute Gasteiger partial charge is 0.333 e. The lowest BCUT2D eigenvalue weighted by molar-refractivity contribution is -0.147. The van der Waals surface area contributed by atoms with Crippen LogP contribution >= 0.6 is 0 Å². The second kappa shape index (κ2) is 21.6. The molecule has 2 atom stereocenters. The standard InChI is InChI=1S/C61H62N4O12/c1-60(2,23-22-57(68)77-65-55(66)20-21-56(65)67)75-25-24-61(3,4)76-45-27-38(36-73-53-31-40-14-8-7-9-17-43-29-41-15-10-12-18-49(41)63(43)58(69)46(40)32-51(53)71-5)26-39(28-45)37-74-54-34-48-47(33-52(54)72-6)59(70)64-44(35-62-48)30-42-16-11-13-19-50(42)64/h7-16,18-21,26-28,31-35,43-44,66-67H,17,22-25,29-30,36-37H2,1-6H3. The van der Waals surface area contributed by atoms with E-state index in [0.29, 0.717) is 75.1 Å². The van der Waals surface area contributed by atoms with Gasteiger partial charge in [-0.2, -0.15) is 0 Å². The molecule has 0 fully saturated rings. The number of aromatic nitrogens is 1. The maximum atomic E-state index is 14.5. The van der Waals surface area contributed by atoms with E-state index in [2.05, 4.69) is 12.1 Å². The van der Waals surface area contributed by atoms with Crippen LogP contribution in [0.5, 0.6) is 40.5 Å². The summed E-state index contributed by atoms with van der Waals surface area (Å²) < 4.78 is 38.5. The number of hydrogen-bond acceptors (Lipinski definition) is 13. The summed E-state index contributed by atoms with van der Waals surface area (Å²) in [6.45, 7) is 8.11. The van der Waals surface area contributed by atoms with Crippen LogP contribution in [0, 0.1) is 0 Å². The highest BCUT2D eigenvalue weighted by Gasteiger charge is 2.38. The normalized spacial score (nSPS) is 16.4. The number of para-hydroxylation sites is 2. The molecule has 5 aromatic carbocycles. The van der Waals surface area contributed by atoms with Gasteiger partial charge in [-0.3, -0.25) is 19.5 Å². The fraction of sp³-hybridized carbons (Fsp3) is 0.311. The number of fused-ring (bicyclic) bond motifs is 8. The van der Waals surface area contributed by atoms with E-state index in [0.717, 1.165) is 46.5 Å². The number of carbonyl (C=O) groups excluding carboxylic acids is 3. The van der Waals surface area contributed by atoms with Gasteiger partial charge in [0, 0.05) is 54.7 Å². The molecular weight excluding hydrogens is 981 g/mol. The monoisotopic (exact) mass is 1040 g/mol. The zero-order chi connectivity index (χ0) is 54.0. The summed E-state index contributed by atoms with van der Waals surface area (Å²) in [5, 5.41) is 19.7. The van der Waals surface area contributed by atoms with Gasteiger partial charge in [-0.15, -0.1) is 4.73 Å². The number of aromatic hydroxyl groups is 2. The highest BCUT2D eigenvalue weighted by molar-refractivity contribution is 6.15. The second-order valence-corrected chi connectivity index (χ2v) is 20.7. The van der Waals surface area contributed by atoms with E-state index < -0.39 is 28.9 Å². The SMILES string of the molecule is COc1cc2c(cc1OCc1cc(COc3cc4c(cc3OC)C(=O)N3c5ccccc5CC3C=N4)cc(OC(C)(C)CCOC(C)(C)CCC(=O)On3c(O)ccc3O)c1)C=CC=CCC1Cc3ccccc3N1C2=O. The van der Waals surface area contributed by atoms with E-state index in [1.165, 1.54) is 19.2 Å². The van der Waals surface area contributed by atoms with Crippen LogP contribution in [0.2, 0.25) is 0 Å². The van der Waals surface area contributed by atoms with Gasteiger partial charge in [-0.05, 0) is 123 Å². The third-order valence-electron chi connectivity index (χ3n) is 14.2. The number of aliphatic imine (C=N–C) groups is 1. The van der Waals surface area contributed by atoms with Gasteiger partial charge >= 0.3 is 5.97 Å². The molecule has 0 aliphatic carbocycles. The number of amides is 2. The summed E-state index contributed by atoms with van der Waals surface area (Å²) in [7, 11) is 3.09. The average molecular weight is 1040 g/mol. The van der Waals surface area contributed by atoms with Crippen molar-refractivity contribution in [1.82, 2.24) is 4.73 Å². The molecule has 4 aliphatic rings. The molecule has 0 radical (unpaired) electrons. The van der Waals surface area contributed by atoms with Crippen molar-refractivity contribution in [1.29, 1.82) is 0 Å². The average Bonchev–Trinajstić information content (AvgIpc) is 4.06. The maximum absolute atomic E-state index is 14.5. The third-order valence-corrected chi connectivity index (χ3v) is 14.2. The largest absolute Gasteiger partial charge is 0.493 e. The summed E-state index contributed by atoms with van der Waals surface area (Å²) in [5.74, 6) is 0.429. The predicted octanol–water partition coefficient (Wildman–Crippen LogP) is 10.7. The van der Waals surface area contributed by atoms with Crippen LogP contribution in [0.1, 0.15) is 102 Å². The minimum atomic E-state index is -0.756. The molecule has 0 spiro atoms. The van der Waals surface area contributed by atoms with Crippen molar-refractivity contribution in [2.75, 3.05) is 30.6 Å². The second-order valence-electron chi connectivity index (χ2n) is 20.7. The molecule has 16 nitrogen and oxygen atoms in total. The van der Waals surface area contributed by atoms with Crippen molar-refractivity contribution < 1.29 is 57.9 Å². The van der Waals surface area contributed by atoms with E-state index in [-0.39, 0.29) is 50.1 Å². The summed E-state index contributed by atoms with van der Waals surface area (Å²) in [6.07, 6.45) is 12.7. The van der Waals surface area contributed by atoms with Crippen LogP contribution in [0.3, 0.4) is 0 Å². The Morgan fingerprint density at radius 2 is 1.31 bits per heavy atom. The lowest BCUT2D eigenvalue weighted by atomic mass is 10.0. The Balaban J connectivity index is 0.887. The van der Waals surface area contributed by atoms with Gasteiger partial charge < -0.3 is 48.4 Å². The van der Waals surface area contributed by atoms with E-state index in [4.69, 9.17) is 38.3 Å². The van der Waals surface area contributed by atoms with Crippen LogP contribution < -0.4 is 38.3 Å². The Bertz CT molecular complexity index is 3320. The van der Waals surface area contributed by atoms with Crippen LogP contribution in [0.4, 0.5) is 17.1 Å². The summed E-state index contributed by atoms with van der Waals surface area (Å²) in [4.78, 5) is 54.9. The number of methoxy groups -OCH3 is 2. The number of hydrogen-bond donors (Lipinski definition) is 2. The first-order valence-corrected chi connectivity index (χ1v) is 25.7. The number of anilines is 2. The topological polar surface area (TPSA) is 180 Å². The number of carbonyl (C=O) groups is 3.